The van der Waals surface area contributed by atoms with Gasteiger partial charge in [0.1, 0.15) is 0 Å². The molecule has 0 saturated carbocycles. The van der Waals surface area contributed by atoms with Gasteiger partial charge in [-0.3, -0.25) is 4.90 Å². The zero-order valence-corrected chi connectivity index (χ0v) is 10.9. The van der Waals surface area contributed by atoms with Gasteiger partial charge in [-0.25, -0.2) is 0 Å². The van der Waals surface area contributed by atoms with Crippen LogP contribution in [0.1, 0.15) is 12.5 Å². The minimum absolute atomic E-state index is 0.724. The molecule has 1 heterocycles. The van der Waals surface area contributed by atoms with Crippen molar-refractivity contribution in [3.8, 4) is 0 Å². The molecule has 0 aliphatic carbocycles. The van der Waals surface area contributed by atoms with E-state index in [1.54, 1.807) is 0 Å². The summed E-state index contributed by atoms with van der Waals surface area (Å²) in [5.41, 5.74) is 1.42. The summed E-state index contributed by atoms with van der Waals surface area (Å²) in [4.78, 5) is 2.56. The molecule has 0 amide bonds. The molecule has 0 unspecified atom stereocenters. The van der Waals surface area contributed by atoms with Crippen molar-refractivity contribution in [3.63, 3.8) is 0 Å². The van der Waals surface area contributed by atoms with Crippen LogP contribution in [0.4, 0.5) is 0 Å². The minimum atomic E-state index is 0.724. The van der Waals surface area contributed by atoms with E-state index >= 15 is 0 Å². The number of rotatable bonds is 4. The number of hydrogen-bond donors (Lipinski definition) is 1. The Morgan fingerprint density at radius 3 is 2.56 bits per heavy atom. The highest BCUT2D eigenvalue weighted by molar-refractivity contribution is 5.82. The lowest BCUT2D eigenvalue weighted by molar-refractivity contribution is 0.145. The first kappa shape index (κ1) is 11.7. The lowest BCUT2D eigenvalue weighted by Gasteiger charge is -2.37. The number of nitrogens with zero attached hydrogens (tertiary/aromatic N) is 1. The lowest BCUT2D eigenvalue weighted by atomic mass is 10.1. The van der Waals surface area contributed by atoms with E-state index in [4.69, 9.17) is 0 Å². The molecule has 2 aromatic rings. The first-order chi connectivity index (χ1) is 8.86. The second-order valence-electron chi connectivity index (χ2n) is 5.06. The van der Waals surface area contributed by atoms with E-state index in [2.05, 4.69) is 59.6 Å². The standard InChI is InChI=1S/C16H20N2/c1-2-18(16-10-17-11-16)12-13-7-8-14-5-3-4-6-15(14)9-13/h3-9,16-17H,2,10-12H2,1H3. The van der Waals surface area contributed by atoms with Crippen LogP contribution >= 0.6 is 0 Å². The molecule has 0 bridgehead atoms. The second-order valence-corrected chi connectivity index (χ2v) is 5.06. The highest BCUT2D eigenvalue weighted by Gasteiger charge is 2.23. The fourth-order valence-corrected chi connectivity index (χ4v) is 2.60. The third-order valence-corrected chi connectivity index (χ3v) is 3.88. The first-order valence-corrected chi connectivity index (χ1v) is 6.79. The lowest BCUT2D eigenvalue weighted by Crippen LogP contribution is -2.56. The molecule has 18 heavy (non-hydrogen) atoms. The van der Waals surface area contributed by atoms with Crippen molar-refractivity contribution in [2.24, 2.45) is 0 Å². The summed E-state index contributed by atoms with van der Waals surface area (Å²) in [6.45, 7) is 6.72. The maximum atomic E-state index is 3.35. The summed E-state index contributed by atoms with van der Waals surface area (Å²) in [5, 5.41) is 6.02. The van der Waals surface area contributed by atoms with E-state index in [0.29, 0.717) is 0 Å². The second kappa shape index (κ2) is 5.09. The van der Waals surface area contributed by atoms with Gasteiger partial charge >= 0.3 is 0 Å². The maximum Gasteiger partial charge on any atom is 0.0348 e. The van der Waals surface area contributed by atoms with Crippen LogP contribution < -0.4 is 5.32 Å². The zero-order valence-electron chi connectivity index (χ0n) is 10.9. The van der Waals surface area contributed by atoms with Gasteiger partial charge in [0.15, 0.2) is 0 Å². The average Bonchev–Trinajstić information content (AvgIpc) is 2.35. The van der Waals surface area contributed by atoms with Crippen LogP contribution in [0, 0.1) is 0 Å². The largest absolute Gasteiger partial charge is 0.314 e. The SMILES string of the molecule is CCN(Cc1ccc2ccccc2c1)C1CNC1. The summed E-state index contributed by atoms with van der Waals surface area (Å²) in [6, 6.07) is 16.1. The van der Waals surface area contributed by atoms with Gasteiger partial charge in [-0.1, -0.05) is 43.3 Å². The van der Waals surface area contributed by atoms with Crippen molar-refractivity contribution >= 4 is 10.8 Å². The Kier molecular flexibility index (Phi) is 3.31. The summed E-state index contributed by atoms with van der Waals surface area (Å²) in [6.07, 6.45) is 0. The predicted octanol–water partition coefficient (Wildman–Crippen LogP) is 2.63. The Balaban J connectivity index is 1.80. The van der Waals surface area contributed by atoms with Gasteiger partial charge in [-0.15, -0.1) is 0 Å². The third-order valence-electron chi connectivity index (χ3n) is 3.88. The zero-order chi connectivity index (χ0) is 12.4. The molecule has 1 saturated heterocycles. The maximum absolute atomic E-state index is 3.35. The van der Waals surface area contributed by atoms with Gasteiger partial charge < -0.3 is 5.32 Å². The van der Waals surface area contributed by atoms with Crippen LogP contribution in [0.2, 0.25) is 0 Å². The Labute approximate surface area is 109 Å². The highest BCUT2D eigenvalue weighted by Crippen LogP contribution is 2.18. The monoisotopic (exact) mass is 240 g/mol. The smallest absolute Gasteiger partial charge is 0.0348 e. The molecule has 2 aromatic carbocycles. The Morgan fingerprint density at radius 2 is 1.89 bits per heavy atom. The van der Waals surface area contributed by atoms with Crippen molar-refractivity contribution in [1.82, 2.24) is 10.2 Å². The molecule has 0 radical (unpaired) electrons. The molecule has 3 rings (SSSR count). The van der Waals surface area contributed by atoms with Crippen molar-refractivity contribution in [3.05, 3.63) is 48.0 Å². The van der Waals surface area contributed by atoms with E-state index in [9.17, 15) is 0 Å². The molecule has 1 fully saturated rings. The molecule has 2 nitrogen and oxygen atoms in total. The van der Waals surface area contributed by atoms with Gasteiger partial charge in [0.2, 0.25) is 0 Å². The van der Waals surface area contributed by atoms with Crippen LogP contribution in [0.3, 0.4) is 0 Å². The van der Waals surface area contributed by atoms with E-state index in [-0.39, 0.29) is 0 Å². The van der Waals surface area contributed by atoms with Crippen LogP contribution in [0.15, 0.2) is 42.5 Å². The van der Waals surface area contributed by atoms with E-state index in [1.165, 1.54) is 16.3 Å². The fraction of sp³-hybridized carbons (Fsp3) is 0.375. The summed E-state index contributed by atoms with van der Waals surface area (Å²) >= 11 is 0. The molecular weight excluding hydrogens is 220 g/mol. The molecule has 2 heteroatoms. The Morgan fingerprint density at radius 1 is 1.11 bits per heavy atom. The molecule has 1 aliphatic rings. The Hall–Kier alpha value is -1.38. The van der Waals surface area contributed by atoms with Gasteiger partial charge in [-0.05, 0) is 28.9 Å². The van der Waals surface area contributed by atoms with Gasteiger partial charge in [-0.2, -0.15) is 0 Å². The molecule has 1 N–H and O–H groups in total. The summed E-state index contributed by atoms with van der Waals surface area (Å²) in [7, 11) is 0. The third kappa shape index (κ3) is 2.26. The van der Waals surface area contributed by atoms with Crippen molar-refractivity contribution in [2.75, 3.05) is 19.6 Å². The number of nitrogens with one attached hydrogen (secondary N) is 1. The molecule has 0 aromatic heterocycles. The van der Waals surface area contributed by atoms with E-state index in [1.807, 2.05) is 0 Å². The van der Waals surface area contributed by atoms with Crippen LogP contribution in [-0.2, 0) is 6.54 Å². The molecule has 94 valence electrons. The average molecular weight is 240 g/mol. The highest BCUT2D eigenvalue weighted by atomic mass is 15.2. The summed E-state index contributed by atoms with van der Waals surface area (Å²) < 4.78 is 0. The Bertz CT molecular complexity index is 531. The van der Waals surface area contributed by atoms with Gasteiger partial charge in [0, 0.05) is 25.7 Å². The van der Waals surface area contributed by atoms with Crippen molar-refractivity contribution in [1.29, 1.82) is 0 Å². The molecule has 0 atom stereocenters. The predicted molar refractivity (Wildman–Crippen MR) is 76.7 cm³/mol. The summed E-state index contributed by atoms with van der Waals surface area (Å²) in [5.74, 6) is 0. The first-order valence-electron chi connectivity index (χ1n) is 6.79. The van der Waals surface area contributed by atoms with E-state index < -0.39 is 0 Å². The molecule has 0 spiro atoms. The minimum Gasteiger partial charge on any atom is -0.314 e. The fourth-order valence-electron chi connectivity index (χ4n) is 2.60. The molecule has 1 aliphatic heterocycles. The van der Waals surface area contributed by atoms with Crippen LogP contribution in [0.5, 0.6) is 0 Å². The van der Waals surface area contributed by atoms with E-state index in [0.717, 1.165) is 32.2 Å². The molecular formula is C16H20N2. The number of fused-ring (bicyclic) bond motifs is 1. The quantitative estimate of drug-likeness (QED) is 0.884. The number of likely N-dealkylation sites (N-methyl/N-ethyl adjacent to an activating group) is 1. The van der Waals surface area contributed by atoms with Gasteiger partial charge in [0.25, 0.3) is 0 Å². The van der Waals surface area contributed by atoms with Crippen molar-refractivity contribution in [2.45, 2.75) is 19.5 Å². The number of hydrogen-bond acceptors (Lipinski definition) is 2. The van der Waals surface area contributed by atoms with Gasteiger partial charge in [0.05, 0.1) is 0 Å². The number of benzene rings is 2. The van der Waals surface area contributed by atoms with Crippen LogP contribution in [0.25, 0.3) is 10.8 Å². The normalized spacial score (nSPS) is 16.1. The van der Waals surface area contributed by atoms with Crippen LogP contribution in [-0.4, -0.2) is 30.6 Å². The van der Waals surface area contributed by atoms with Crippen molar-refractivity contribution < 1.29 is 0 Å². The topological polar surface area (TPSA) is 15.3 Å².